The second kappa shape index (κ2) is 7.00. The molecule has 0 bridgehead atoms. The molecule has 118 valence electrons. The highest BCUT2D eigenvalue weighted by Crippen LogP contribution is 2.19. The van der Waals surface area contributed by atoms with E-state index in [4.69, 9.17) is 9.52 Å². The van der Waals surface area contributed by atoms with Crippen LogP contribution in [0.5, 0.6) is 0 Å². The normalized spacial score (nSPS) is 17.0. The van der Waals surface area contributed by atoms with Gasteiger partial charge in [0.1, 0.15) is 12.1 Å². The summed E-state index contributed by atoms with van der Waals surface area (Å²) in [7, 11) is 0. The van der Waals surface area contributed by atoms with E-state index in [0.29, 0.717) is 5.89 Å². The zero-order valence-electron chi connectivity index (χ0n) is 12.4. The van der Waals surface area contributed by atoms with Gasteiger partial charge in [-0.15, -0.1) is 0 Å². The van der Waals surface area contributed by atoms with Crippen molar-refractivity contribution in [1.29, 1.82) is 0 Å². The molecule has 6 heteroatoms. The molecular weight excluding hydrogens is 285 g/mol. The molecule has 1 saturated heterocycles. The minimum absolute atomic E-state index is 0.213. The maximum Gasteiger partial charge on any atom is 0.226 e. The van der Waals surface area contributed by atoms with Crippen LogP contribution in [-0.4, -0.2) is 59.2 Å². The number of nitrogens with zero attached hydrogens (tertiary/aromatic N) is 3. The molecule has 0 radical (unpaired) electrons. The van der Waals surface area contributed by atoms with Crippen LogP contribution >= 0.6 is 0 Å². The fourth-order valence-electron chi connectivity index (χ4n) is 2.65. The average Bonchev–Trinajstić information content (AvgIpc) is 2.99. The van der Waals surface area contributed by atoms with Gasteiger partial charge in [-0.05, 0) is 24.3 Å². The predicted octanol–water partition coefficient (Wildman–Crippen LogP) is 1.59. The molecule has 3 rings (SSSR count). The quantitative estimate of drug-likeness (QED) is 0.909. The topological polar surface area (TPSA) is 52.7 Å². The Bertz CT molecular complexity index is 592. The number of aliphatic hydroxyl groups excluding tert-OH is 1. The van der Waals surface area contributed by atoms with E-state index < -0.39 is 0 Å². The van der Waals surface area contributed by atoms with Crippen molar-refractivity contribution in [1.82, 2.24) is 14.8 Å². The summed E-state index contributed by atoms with van der Waals surface area (Å²) in [5.41, 5.74) is 1.66. The molecule has 2 aromatic rings. The molecule has 1 fully saturated rings. The SMILES string of the molecule is OCCN1CCN(Cc2coc(-c3ccc(F)cc3)n2)CC1. The molecule has 2 heterocycles. The first-order valence-corrected chi connectivity index (χ1v) is 7.50. The summed E-state index contributed by atoms with van der Waals surface area (Å²) in [6.45, 7) is 5.54. The van der Waals surface area contributed by atoms with Gasteiger partial charge >= 0.3 is 0 Å². The Labute approximate surface area is 129 Å². The van der Waals surface area contributed by atoms with Crippen LogP contribution in [0.2, 0.25) is 0 Å². The molecule has 0 saturated carbocycles. The smallest absolute Gasteiger partial charge is 0.226 e. The van der Waals surface area contributed by atoms with Gasteiger partial charge in [0.15, 0.2) is 0 Å². The van der Waals surface area contributed by atoms with E-state index in [1.807, 2.05) is 0 Å². The van der Waals surface area contributed by atoms with Crippen LogP contribution in [0.15, 0.2) is 34.9 Å². The highest BCUT2D eigenvalue weighted by atomic mass is 19.1. The molecule has 0 aliphatic carbocycles. The first-order chi connectivity index (χ1) is 10.7. The van der Waals surface area contributed by atoms with Crippen LogP contribution in [0.3, 0.4) is 0 Å². The minimum atomic E-state index is -0.267. The highest BCUT2D eigenvalue weighted by Gasteiger charge is 2.18. The molecule has 1 aromatic heterocycles. The first kappa shape index (κ1) is 15.1. The van der Waals surface area contributed by atoms with Crippen molar-refractivity contribution < 1.29 is 13.9 Å². The Balaban J connectivity index is 1.57. The second-order valence-electron chi connectivity index (χ2n) is 5.49. The maximum atomic E-state index is 12.9. The van der Waals surface area contributed by atoms with Gasteiger partial charge in [-0.25, -0.2) is 9.37 Å². The molecule has 0 spiro atoms. The lowest BCUT2D eigenvalue weighted by molar-refractivity contribution is 0.107. The molecule has 1 N–H and O–H groups in total. The Morgan fingerprint density at radius 2 is 1.77 bits per heavy atom. The number of oxazole rings is 1. The Morgan fingerprint density at radius 3 is 2.45 bits per heavy atom. The molecule has 0 atom stereocenters. The molecule has 1 aliphatic rings. The van der Waals surface area contributed by atoms with Crippen molar-refractivity contribution >= 4 is 0 Å². The van der Waals surface area contributed by atoms with Crippen molar-refractivity contribution in [2.24, 2.45) is 0 Å². The number of aromatic nitrogens is 1. The fraction of sp³-hybridized carbons (Fsp3) is 0.438. The van der Waals surface area contributed by atoms with E-state index in [0.717, 1.165) is 50.5 Å². The predicted molar refractivity (Wildman–Crippen MR) is 80.7 cm³/mol. The summed E-state index contributed by atoms with van der Waals surface area (Å²) in [5, 5.41) is 8.95. The van der Waals surface area contributed by atoms with Crippen molar-refractivity contribution in [3.8, 4) is 11.5 Å². The summed E-state index contributed by atoms with van der Waals surface area (Å²) in [5.74, 6) is 0.255. The lowest BCUT2D eigenvalue weighted by Crippen LogP contribution is -2.46. The number of hydrogen-bond acceptors (Lipinski definition) is 5. The summed E-state index contributed by atoms with van der Waals surface area (Å²) in [4.78, 5) is 9.05. The summed E-state index contributed by atoms with van der Waals surface area (Å²) in [6.07, 6.45) is 1.67. The highest BCUT2D eigenvalue weighted by molar-refractivity contribution is 5.52. The lowest BCUT2D eigenvalue weighted by atomic mass is 10.2. The Hall–Kier alpha value is -1.76. The minimum Gasteiger partial charge on any atom is -0.444 e. The van der Waals surface area contributed by atoms with E-state index >= 15 is 0 Å². The lowest BCUT2D eigenvalue weighted by Gasteiger charge is -2.33. The Kier molecular flexibility index (Phi) is 4.82. The van der Waals surface area contributed by atoms with Crippen LogP contribution in [0, 0.1) is 5.82 Å². The number of β-amino-alcohol motifs (C(OH)–C–C–N with tert-alkyl or cyclic N) is 1. The van der Waals surface area contributed by atoms with Gasteiger partial charge in [-0.2, -0.15) is 0 Å². The second-order valence-corrected chi connectivity index (χ2v) is 5.49. The Morgan fingerprint density at radius 1 is 1.09 bits per heavy atom. The van der Waals surface area contributed by atoms with E-state index in [2.05, 4.69) is 14.8 Å². The number of piperazine rings is 1. The summed E-state index contributed by atoms with van der Waals surface area (Å²) < 4.78 is 18.4. The zero-order chi connectivity index (χ0) is 15.4. The van der Waals surface area contributed by atoms with E-state index in [-0.39, 0.29) is 12.4 Å². The van der Waals surface area contributed by atoms with Crippen LogP contribution in [0.4, 0.5) is 4.39 Å². The van der Waals surface area contributed by atoms with Crippen molar-refractivity contribution in [2.45, 2.75) is 6.54 Å². The van der Waals surface area contributed by atoms with Gasteiger partial charge in [0.2, 0.25) is 5.89 Å². The number of hydrogen-bond donors (Lipinski definition) is 1. The van der Waals surface area contributed by atoms with Crippen molar-refractivity contribution in [3.05, 3.63) is 42.0 Å². The third-order valence-corrected chi connectivity index (χ3v) is 3.91. The van der Waals surface area contributed by atoms with Crippen LogP contribution in [0.1, 0.15) is 5.69 Å². The molecular formula is C16H20FN3O2. The van der Waals surface area contributed by atoms with E-state index in [1.54, 1.807) is 18.4 Å². The molecule has 1 aliphatic heterocycles. The number of aliphatic hydroxyl groups is 1. The van der Waals surface area contributed by atoms with E-state index in [9.17, 15) is 4.39 Å². The third-order valence-electron chi connectivity index (χ3n) is 3.91. The average molecular weight is 305 g/mol. The van der Waals surface area contributed by atoms with E-state index in [1.165, 1.54) is 12.1 Å². The van der Waals surface area contributed by atoms with Gasteiger partial charge in [0.25, 0.3) is 0 Å². The molecule has 0 amide bonds. The van der Waals surface area contributed by atoms with Gasteiger partial charge in [-0.1, -0.05) is 0 Å². The fourth-order valence-corrected chi connectivity index (χ4v) is 2.65. The van der Waals surface area contributed by atoms with Gasteiger partial charge in [0.05, 0.1) is 12.3 Å². The summed E-state index contributed by atoms with van der Waals surface area (Å²) >= 11 is 0. The number of halogens is 1. The van der Waals surface area contributed by atoms with Gasteiger partial charge in [0, 0.05) is 44.8 Å². The number of benzene rings is 1. The summed E-state index contributed by atoms with van der Waals surface area (Å²) in [6, 6.07) is 6.14. The van der Waals surface area contributed by atoms with Crippen LogP contribution < -0.4 is 0 Å². The van der Waals surface area contributed by atoms with Crippen LogP contribution in [0.25, 0.3) is 11.5 Å². The van der Waals surface area contributed by atoms with Crippen LogP contribution in [-0.2, 0) is 6.54 Å². The molecule has 0 unspecified atom stereocenters. The monoisotopic (exact) mass is 305 g/mol. The van der Waals surface area contributed by atoms with Crippen molar-refractivity contribution in [2.75, 3.05) is 39.3 Å². The standard InChI is InChI=1S/C16H20FN3O2/c17-14-3-1-13(2-4-14)16-18-15(12-22-16)11-20-7-5-19(6-8-20)9-10-21/h1-4,12,21H,5-11H2. The molecule has 1 aromatic carbocycles. The number of rotatable bonds is 5. The zero-order valence-corrected chi connectivity index (χ0v) is 12.4. The third kappa shape index (κ3) is 3.71. The van der Waals surface area contributed by atoms with Crippen molar-refractivity contribution in [3.63, 3.8) is 0 Å². The maximum absolute atomic E-state index is 12.9. The van der Waals surface area contributed by atoms with Gasteiger partial charge < -0.3 is 9.52 Å². The van der Waals surface area contributed by atoms with Gasteiger partial charge in [-0.3, -0.25) is 9.80 Å². The molecule has 5 nitrogen and oxygen atoms in total. The molecule has 22 heavy (non-hydrogen) atoms. The first-order valence-electron chi connectivity index (χ1n) is 7.50. The largest absolute Gasteiger partial charge is 0.444 e.